The van der Waals surface area contributed by atoms with E-state index in [4.69, 9.17) is 11.6 Å². The average molecular weight is 498 g/mol. The Bertz CT molecular complexity index is 1130. The van der Waals surface area contributed by atoms with Gasteiger partial charge in [0.05, 0.1) is 5.56 Å². The zero-order chi connectivity index (χ0) is 24.1. The fourth-order valence-corrected chi connectivity index (χ4v) is 5.64. The zero-order valence-electron chi connectivity index (χ0n) is 19.4. The van der Waals surface area contributed by atoms with Gasteiger partial charge in [-0.15, -0.1) is 0 Å². The van der Waals surface area contributed by atoms with Gasteiger partial charge in [-0.1, -0.05) is 35.5 Å². The van der Waals surface area contributed by atoms with Gasteiger partial charge in [-0.3, -0.25) is 4.79 Å². The summed E-state index contributed by atoms with van der Waals surface area (Å²) in [6.45, 7) is 0. The van der Waals surface area contributed by atoms with Crippen molar-refractivity contribution in [3.63, 3.8) is 0 Å². The number of nitrogens with zero attached hydrogens (tertiary/aromatic N) is 2. The van der Waals surface area contributed by atoms with Crippen LogP contribution in [-0.2, 0) is 6.42 Å². The van der Waals surface area contributed by atoms with Crippen molar-refractivity contribution in [3.05, 3.63) is 88.8 Å². The maximum atomic E-state index is 13.7. The van der Waals surface area contributed by atoms with E-state index in [0.717, 1.165) is 42.6 Å². The Kier molecular flexibility index (Phi) is 7.91. The van der Waals surface area contributed by atoms with E-state index in [1.165, 1.54) is 17.8 Å². The minimum Gasteiger partial charge on any atom is -0.349 e. The Morgan fingerprint density at radius 3 is 2.56 bits per heavy atom. The highest BCUT2D eigenvalue weighted by atomic mass is 35.5. The van der Waals surface area contributed by atoms with Crippen LogP contribution < -0.4 is 5.32 Å². The van der Waals surface area contributed by atoms with E-state index in [-0.39, 0.29) is 23.3 Å². The van der Waals surface area contributed by atoms with Crippen LogP contribution in [0, 0.1) is 5.82 Å². The number of nitrogens with one attached hydrogen (secondary N) is 1. The van der Waals surface area contributed by atoms with Crippen molar-refractivity contribution in [1.82, 2.24) is 15.2 Å². The van der Waals surface area contributed by atoms with Crippen molar-refractivity contribution in [1.29, 1.82) is 0 Å². The summed E-state index contributed by atoms with van der Waals surface area (Å²) in [4.78, 5) is 20.8. The highest BCUT2D eigenvalue weighted by Gasteiger charge is 2.38. The second-order valence-electron chi connectivity index (χ2n) is 9.09. The summed E-state index contributed by atoms with van der Waals surface area (Å²) < 4.78 is 13.7. The topological polar surface area (TPSA) is 45.2 Å². The van der Waals surface area contributed by atoms with E-state index in [9.17, 15) is 9.18 Å². The standard InChI is InChI=1S/C27H29ClFN3OS/c1-32(2)27(18-19-5-3-6-21(29)17-19)14-12-22(13-15-27)31-25(33)24-7-4-16-30-26(24)34-23-10-8-20(28)9-11-23/h3-11,16-17,22H,12-15,18H2,1-2H3,(H,31,33). The lowest BCUT2D eigenvalue weighted by Gasteiger charge is -2.45. The van der Waals surface area contributed by atoms with E-state index >= 15 is 0 Å². The smallest absolute Gasteiger partial charge is 0.254 e. The van der Waals surface area contributed by atoms with Gasteiger partial charge >= 0.3 is 0 Å². The molecule has 0 aliphatic heterocycles. The molecule has 4 rings (SSSR count). The van der Waals surface area contributed by atoms with E-state index in [1.54, 1.807) is 24.4 Å². The molecule has 1 saturated carbocycles. The third kappa shape index (κ3) is 5.98. The van der Waals surface area contributed by atoms with Crippen LogP contribution in [0.5, 0.6) is 0 Å². The summed E-state index contributed by atoms with van der Waals surface area (Å²) in [6.07, 6.45) is 6.11. The Labute approximate surface area is 209 Å². The summed E-state index contributed by atoms with van der Waals surface area (Å²) in [7, 11) is 4.18. The average Bonchev–Trinajstić information content (AvgIpc) is 2.82. The minimum atomic E-state index is -0.198. The van der Waals surface area contributed by atoms with Crippen LogP contribution in [0.25, 0.3) is 0 Å². The molecule has 0 bridgehead atoms. The Hall–Kier alpha value is -2.41. The van der Waals surface area contributed by atoms with Gasteiger partial charge in [0.2, 0.25) is 0 Å². The molecule has 4 nitrogen and oxygen atoms in total. The van der Waals surface area contributed by atoms with Gasteiger partial charge in [0.15, 0.2) is 0 Å². The summed E-state index contributed by atoms with van der Waals surface area (Å²) in [5.41, 5.74) is 1.54. The normalized spacial score (nSPS) is 20.3. The predicted molar refractivity (Wildman–Crippen MR) is 136 cm³/mol. The van der Waals surface area contributed by atoms with Gasteiger partial charge in [0, 0.05) is 27.7 Å². The van der Waals surface area contributed by atoms with Crippen LogP contribution >= 0.6 is 23.4 Å². The molecule has 1 heterocycles. The van der Waals surface area contributed by atoms with Crippen LogP contribution in [0.15, 0.2) is 76.8 Å². The predicted octanol–water partition coefficient (Wildman–Crippen LogP) is 6.24. The van der Waals surface area contributed by atoms with Crippen LogP contribution in [0.2, 0.25) is 5.02 Å². The molecular formula is C27H29ClFN3OS. The van der Waals surface area contributed by atoms with Crippen molar-refractivity contribution in [2.75, 3.05) is 14.1 Å². The van der Waals surface area contributed by atoms with Crippen LogP contribution in [0.1, 0.15) is 41.6 Å². The zero-order valence-corrected chi connectivity index (χ0v) is 21.0. The molecule has 1 N–H and O–H groups in total. The fraction of sp³-hybridized carbons (Fsp3) is 0.333. The molecule has 1 amide bonds. The number of benzene rings is 2. The number of hydrogen-bond acceptors (Lipinski definition) is 4. The van der Waals surface area contributed by atoms with Crippen LogP contribution in [-0.4, -0.2) is 41.5 Å². The van der Waals surface area contributed by atoms with Gasteiger partial charge in [-0.05, 0) is 100 Å². The highest BCUT2D eigenvalue weighted by molar-refractivity contribution is 7.99. The van der Waals surface area contributed by atoms with E-state index < -0.39 is 0 Å². The van der Waals surface area contributed by atoms with E-state index in [2.05, 4.69) is 29.3 Å². The quantitative estimate of drug-likeness (QED) is 0.419. The largest absolute Gasteiger partial charge is 0.349 e. The molecule has 1 aromatic heterocycles. The number of carbonyl (C=O) groups is 1. The Morgan fingerprint density at radius 2 is 1.88 bits per heavy atom. The van der Waals surface area contributed by atoms with Gasteiger partial charge < -0.3 is 10.2 Å². The monoisotopic (exact) mass is 497 g/mol. The first-order valence-corrected chi connectivity index (χ1v) is 12.7. The number of pyridine rings is 1. The first-order valence-electron chi connectivity index (χ1n) is 11.5. The molecule has 0 spiro atoms. The molecule has 0 saturated heterocycles. The van der Waals surface area contributed by atoms with E-state index in [1.807, 2.05) is 36.4 Å². The van der Waals surface area contributed by atoms with Crippen LogP contribution in [0.4, 0.5) is 4.39 Å². The summed E-state index contributed by atoms with van der Waals surface area (Å²) in [5, 5.41) is 4.57. The summed E-state index contributed by atoms with van der Waals surface area (Å²) in [5.74, 6) is -0.298. The molecular weight excluding hydrogens is 469 g/mol. The lowest BCUT2D eigenvalue weighted by atomic mass is 9.74. The molecule has 3 aromatic rings. The molecule has 2 aromatic carbocycles. The van der Waals surface area contributed by atoms with Crippen molar-refractivity contribution >= 4 is 29.3 Å². The fourth-order valence-electron chi connectivity index (χ4n) is 4.63. The first-order chi connectivity index (χ1) is 16.3. The first kappa shape index (κ1) is 24.7. The molecule has 7 heteroatoms. The number of likely N-dealkylation sites (N-methyl/N-ethyl adjacent to an activating group) is 1. The molecule has 178 valence electrons. The molecule has 0 atom stereocenters. The van der Waals surface area contributed by atoms with Gasteiger partial charge in [-0.25, -0.2) is 9.37 Å². The van der Waals surface area contributed by atoms with Crippen molar-refractivity contribution in [2.24, 2.45) is 0 Å². The lowest BCUT2D eigenvalue weighted by Crippen LogP contribution is -2.52. The molecule has 1 aliphatic rings. The maximum absolute atomic E-state index is 13.7. The number of amides is 1. The van der Waals surface area contributed by atoms with E-state index in [0.29, 0.717) is 15.6 Å². The number of hydrogen-bond donors (Lipinski definition) is 1. The third-order valence-electron chi connectivity index (χ3n) is 6.67. The highest BCUT2D eigenvalue weighted by Crippen LogP contribution is 2.36. The SMILES string of the molecule is CN(C)C1(Cc2cccc(F)c2)CCC(NC(=O)c2cccnc2Sc2ccc(Cl)cc2)CC1. The second-order valence-corrected chi connectivity index (χ2v) is 10.6. The van der Waals surface area contributed by atoms with Crippen molar-refractivity contribution in [3.8, 4) is 0 Å². The second kappa shape index (κ2) is 10.9. The number of halogens is 2. The summed E-state index contributed by atoms with van der Waals surface area (Å²) in [6, 6.07) is 18.1. The lowest BCUT2D eigenvalue weighted by molar-refractivity contribution is 0.0767. The van der Waals surface area contributed by atoms with Gasteiger partial charge in [-0.2, -0.15) is 0 Å². The molecule has 0 unspecified atom stereocenters. The van der Waals surface area contributed by atoms with Crippen molar-refractivity contribution in [2.45, 2.75) is 53.6 Å². The minimum absolute atomic E-state index is 0.0427. The Morgan fingerprint density at radius 1 is 1.15 bits per heavy atom. The Balaban J connectivity index is 1.41. The summed E-state index contributed by atoms with van der Waals surface area (Å²) >= 11 is 7.44. The third-order valence-corrected chi connectivity index (χ3v) is 7.94. The molecule has 0 radical (unpaired) electrons. The van der Waals surface area contributed by atoms with Crippen molar-refractivity contribution < 1.29 is 9.18 Å². The molecule has 1 fully saturated rings. The number of carbonyl (C=O) groups excluding carboxylic acids is 1. The van der Waals surface area contributed by atoms with Crippen LogP contribution in [0.3, 0.4) is 0 Å². The van der Waals surface area contributed by atoms with Gasteiger partial charge in [0.25, 0.3) is 5.91 Å². The number of rotatable bonds is 7. The number of aromatic nitrogens is 1. The van der Waals surface area contributed by atoms with Gasteiger partial charge in [0.1, 0.15) is 10.8 Å². The maximum Gasteiger partial charge on any atom is 0.254 e. The molecule has 1 aliphatic carbocycles. The molecule has 34 heavy (non-hydrogen) atoms.